The number of hydrogen-bond donors (Lipinski definition) is 0. The van der Waals surface area contributed by atoms with Crippen molar-refractivity contribution < 1.29 is 13.6 Å². The molecular weight excluding hydrogens is 423 g/mol. The monoisotopic (exact) mass is 434 g/mol. The van der Waals surface area contributed by atoms with Crippen molar-refractivity contribution in [3.05, 3.63) is 82.3 Å². The Morgan fingerprint density at radius 2 is 1.48 bits per heavy atom. The SMILES string of the molecule is O=c1ssc2ccc(-c3cccc(OP(=O)(Cl)Oc4ccccc4)c3)cc12. The fourth-order valence-corrected chi connectivity index (χ4v) is 5.86. The molecule has 136 valence electrons. The normalized spacial score (nSPS) is 13.2. The summed E-state index contributed by atoms with van der Waals surface area (Å²) in [7, 11) is 2.69. The van der Waals surface area contributed by atoms with Crippen LogP contribution in [0.3, 0.4) is 0 Å². The lowest BCUT2D eigenvalue weighted by molar-refractivity contribution is 0.406. The van der Waals surface area contributed by atoms with Gasteiger partial charge in [-0.2, -0.15) is 0 Å². The third-order valence-electron chi connectivity index (χ3n) is 3.75. The Morgan fingerprint density at radius 3 is 2.30 bits per heavy atom. The van der Waals surface area contributed by atoms with Gasteiger partial charge >= 0.3 is 6.95 Å². The molecule has 0 spiro atoms. The summed E-state index contributed by atoms with van der Waals surface area (Å²) in [4.78, 5) is 11.9. The molecule has 4 nitrogen and oxygen atoms in total. The van der Waals surface area contributed by atoms with Crippen molar-refractivity contribution in [3.8, 4) is 22.6 Å². The molecule has 0 N–H and O–H groups in total. The van der Waals surface area contributed by atoms with Crippen LogP contribution in [0.4, 0.5) is 0 Å². The lowest BCUT2D eigenvalue weighted by atomic mass is 10.0. The van der Waals surface area contributed by atoms with Crippen LogP contribution >= 0.6 is 38.9 Å². The van der Waals surface area contributed by atoms with E-state index in [-0.39, 0.29) is 4.74 Å². The predicted octanol–water partition coefficient (Wildman–Crippen LogP) is 6.79. The first-order valence-corrected chi connectivity index (χ1v) is 12.5. The van der Waals surface area contributed by atoms with Crippen molar-refractivity contribution >= 4 is 49.0 Å². The fraction of sp³-hybridized carbons (Fsp3) is 0. The van der Waals surface area contributed by atoms with Gasteiger partial charge in [-0.25, -0.2) is 4.57 Å². The van der Waals surface area contributed by atoms with Gasteiger partial charge in [0.25, 0.3) is 4.74 Å². The maximum absolute atomic E-state index is 12.5. The maximum atomic E-state index is 12.5. The Labute approximate surface area is 167 Å². The molecule has 0 aliphatic carbocycles. The van der Waals surface area contributed by atoms with Crippen molar-refractivity contribution in [2.75, 3.05) is 0 Å². The van der Waals surface area contributed by atoms with Gasteiger partial charge < -0.3 is 9.05 Å². The van der Waals surface area contributed by atoms with E-state index in [9.17, 15) is 9.36 Å². The van der Waals surface area contributed by atoms with E-state index >= 15 is 0 Å². The highest BCUT2D eigenvalue weighted by Gasteiger charge is 2.25. The van der Waals surface area contributed by atoms with Crippen LogP contribution in [0.2, 0.25) is 0 Å². The molecule has 3 aromatic carbocycles. The van der Waals surface area contributed by atoms with Gasteiger partial charge in [0.1, 0.15) is 11.5 Å². The van der Waals surface area contributed by atoms with Gasteiger partial charge in [-0.3, -0.25) is 4.79 Å². The average Bonchev–Trinajstić information content (AvgIpc) is 3.02. The average molecular weight is 435 g/mol. The van der Waals surface area contributed by atoms with E-state index < -0.39 is 6.95 Å². The topological polar surface area (TPSA) is 52.6 Å². The Balaban J connectivity index is 1.60. The zero-order valence-corrected chi connectivity index (χ0v) is 17.0. The highest BCUT2D eigenvalue weighted by atomic mass is 35.7. The van der Waals surface area contributed by atoms with Crippen LogP contribution in [0, 0.1) is 0 Å². The maximum Gasteiger partial charge on any atom is 0.530 e. The van der Waals surface area contributed by atoms with Crippen LogP contribution in [-0.4, -0.2) is 0 Å². The predicted molar refractivity (Wildman–Crippen MR) is 113 cm³/mol. The van der Waals surface area contributed by atoms with Crippen LogP contribution in [0.1, 0.15) is 0 Å². The molecule has 1 atom stereocenters. The van der Waals surface area contributed by atoms with Gasteiger partial charge in [0, 0.05) is 15.9 Å². The molecule has 27 heavy (non-hydrogen) atoms. The summed E-state index contributed by atoms with van der Waals surface area (Å²) in [5.41, 5.74) is 1.69. The second-order valence-corrected chi connectivity index (χ2v) is 10.2. The highest BCUT2D eigenvalue weighted by Crippen LogP contribution is 2.53. The minimum Gasteiger partial charge on any atom is -0.405 e. The van der Waals surface area contributed by atoms with Gasteiger partial charge in [0.15, 0.2) is 0 Å². The summed E-state index contributed by atoms with van der Waals surface area (Å²) >= 11 is 5.96. The lowest BCUT2D eigenvalue weighted by Gasteiger charge is -2.14. The molecule has 0 saturated carbocycles. The summed E-state index contributed by atoms with van der Waals surface area (Å²) in [5.74, 6) is 0.677. The van der Waals surface area contributed by atoms with Crippen molar-refractivity contribution in [2.45, 2.75) is 0 Å². The molecule has 0 fully saturated rings. The van der Waals surface area contributed by atoms with Crippen LogP contribution < -0.4 is 13.8 Å². The molecule has 0 radical (unpaired) electrons. The van der Waals surface area contributed by atoms with Gasteiger partial charge in [0.2, 0.25) is 0 Å². The van der Waals surface area contributed by atoms with Crippen molar-refractivity contribution in [1.82, 2.24) is 0 Å². The van der Waals surface area contributed by atoms with Crippen LogP contribution in [-0.2, 0) is 4.57 Å². The fourth-order valence-electron chi connectivity index (χ4n) is 2.55. The summed E-state index contributed by atoms with van der Waals surface area (Å²) in [6.45, 7) is -3.86. The van der Waals surface area contributed by atoms with Crippen molar-refractivity contribution in [2.24, 2.45) is 0 Å². The van der Waals surface area contributed by atoms with Gasteiger partial charge in [-0.1, -0.05) is 46.7 Å². The third kappa shape index (κ3) is 4.25. The van der Waals surface area contributed by atoms with Crippen LogP contribution in [0.5, 0.6) is 11.5 Å². The Morgan fingerprint density at radius 1 is 0.778 bits per heavy atom. The van der Waals surface area contributed by atoms with E-state index in [1.165, 1.54) is 20.7 Å². The second kappa shape index (κ2) is 7.49. The number of halogens is 1. The molecule has 1 aromatic heterocycles. The Hall–Kier alpha value is -2.11. The lowest BCUT2D eigenvalue weighted by Crippen LogP contribution is -1.95. The molecule has 4 aromatic rings. The standard InChI is InChI=1S/C19H12ClO4PS2/c20-25(22,23-15-6-2-1-3-7-15)24-16-8-4-5-13(11-16)14-9-10-18-17(12-14)19(21)27-26-18/h1-12H. The van der Waals surface area contributed by atoms with Crippen molar-refractivity contribution in [1.29, 1.82) is 0 Å². The largest absolute Gasteiger partial charge is 0.530 e. The summed E-state index contributed by atoms with van der Waals surface area (Å²) in [6.07, 6.45) is 0. The molecule has 4 rings (SSSR count). The van der Waals surface area contributed by atoms with E-state index in [4.69, 9.17) is 20.3 Å². The van der Waals surface area contributed by atoms with Crippen molar-refractivity contribution in [3.63, 3.8) is 0 Å². The smallest absolute Gasteiger partial charge is 0.405 e. The summed E-state index contributed by atoms with van der Waals surface area (Å²) in [6, 6.07) is 21.3. The molecule has 1 unspecified atom stereocenters. The van der Waals surface area contributed by atoms with Gasteiger partial charge in [-0.05, 0) is 57.9 Å². The third-order valence-corrected chi connectivity index (χ3v) is 7.25. The Bertz CT molecular complexity index is 1200. The first-order valence-electron chi connectivity index (χ1n) is 7.87. The molecule has 0 amide bonds. The van der Waals surface area contributed by atoms with E-state index in [2.05, 4.69) is 0 Å². The molecule has 8 heteroatoms. The minimum atomic E-state index is -3.86. The molecule has 0 aliphatic heterocycles. The minimum absolute atomic E-state index is 0.0470. The number of para-hydroxylation sites is 1. The second-order valence-electron chi connectivity index (χ2n) is 5.62. The molecule has 1 heterocycles. The van der Waals surface area contributed by atoms with E-state index in [0.29, 0.717) is 16.9 Å². The van der Waals surface area contributed by atoms with Crippen LogP contribution in [0.25, 0.3) is 21.2 Å². The first-order chi connectivity index (χ1) is 13.0. The first kappa shape index (κ1) is 18.3. The molecule has 0 aliphatic rings. The number of fused-ring (bicyclic) bond motifs is 1. The highest BCUT2D eigenvalue weighted by molar-refractivity contribution is 7.82. The zero-order valence-electron chi connectivity index (χ0n) is 13.7. The summed E-state index contributed by atoms with van der Waals surface area (Å²) < 4.78 is 24.2. The zero-order chi connectivity index (χ0) is 18.9. The number of rotatable bonds is 5. The van der Waals surface area contributed by atoms with E-state index in [0.717, 1.165) is 15.8 Å². The van der Waals surface area contributed by atoms with E-state index in [1.807, 2.05) is 30.3 Å². The summed E-state index contributed by atoms with van der Waals surface area (Å²) in [5, 5.41) is 0.698. The Kier molecular flexibility index (Phi) is 5.06. The number of benzene rings is 3. The van der Waals surface area contributed by atoms with Crippen LogP contribution in [0.15, 0.2) is 77.6 Å². The quantitative estimate of drug-likeness (QED) is 0.256. The molecule has 0 bridgehead atoms. The van der Waals surface area contributed by atoms with Gasteiger partial charge in [0.05, 0.1) is 5.39 Å². The molecule has 0 saturated heterocycles. The molecular formula is C19H12ClO4PS2. The van der Waals surface area contributed by atoms with E-state index in [1.54, 1.807) is 42.5 Å². The number of hydrogen-bond acceptors (Lipinski definition) is 6. The van der Waals surface area contributed by atoms with Gasteiger partial charge in [-0.15, -0.1) is 0 Å².